The smallest absolute Gasteiger partial charge is 0.230 e. The Kier molecular flexibility index (Phi) is 5.40. The van der Waals surface area contributed by atoms with E-state index in [1.54, 1.807) is 6.92 Å². The summed E-state index contributed by atoms with van der Waals surface area (Å²) in [6.45, 7) is 8.76. The molecule has 2 atom stereocenters. The van der Waals surface area contributed by atoms with Crippen molar-refractivity contribution >= 4 is 11.7 Å². The van der Waals surface area contributed by atoms with E-state index >= 15 is 0 Å². The van der Waals surface area contributed by atoms with E-state index in [0.29, 0.717) is 18.5 Å². The highest BCUT2D eigenvalue weighted by Crippen LogP contribution is 2.17. The number of hydrogen-bond donors (Lipinski definition) is 3. The summed E-state index contributed by atoms with van der Waals surface area (Å²) in [5.41, 5.74) is 5.39. The van der Waals surface area contributed by atoms with Crippen LogP contribution in [0.25, 0.3) is 0 Å². The molecule has 18 heavy (non-hydrogen) atoms. The molecule has 0 saturated carbocycles. The summed E-state index contributed by atoms with van der Waals surface area (Å²) < 4.78 is 0. The van der Waals surface area contributed by atoms with Gasteiger partial charge in [0.25, 0.3) is 0 Å². The van der Waals surface area contributed by atoms with Crippen LogP contribution in [0.5, 0.6) is 0 Å². The van der Waals surface area contributed by atoms with Crippen molar-refractivity contribution in [3.8, 4) is 0 Å². The third-order valence-corrected chi connectivity index (χ3v) is 3.56. The third-order valence-electron chi connectivity index (χ3n) is 3.56. The lowest BCUT2D eigenvalue weighted by atomic mass is 10.1. The van der Waals surface area contributed by atoms with Gasteiger partial charge in [0.2, 0.25) is 5.91 Å². The summed E-state index contributed by atoms with van der Waals surface area (Å²) >= 11 is 0. The lowest BCUT2D eigenvalue weighted by molar-refractivity contribution is -0.122. The quantitative estimate of drug-likeness (QED) is 0.284. The van der Waals surface area contributed by atoms with Crippen molar-refractivity contribution in [2.45, 2.75) is 33.2 Å². The van der Waals surface area contributed by atoms with Crippen LogP contribution in [0.3, 0.4) is 0 Å². The van der Waals surface area contributed by atoms with Crippen molar-refractivity contribution in [1.82, 2.24) is 10.2 Å². The molecular formula is C12H24N4O2. The van der Waals surface area contributed by atoms with E-state index in [1.807, 2.05) is 0 Å². The van der Waals surface area contributed by atoms with Crippen LogP contribution in [0.4, 0.5) is 0 Å². The molecule has 1 fully saturated rings. The van der Waals surface area contributed by atoms with Crippen LogP contribution in [0.15, 0.2) is 5.16 Å². The second kappa shape index (κ2) is 6.58. The van der Waals surface area contributed by atoms with E-state index in [1.165, 1.54) is 0 Å². The molecule has 0 spiro atoms. The number of nitrogens with two attached hydrogens (primary N) is 1. The molecule has 0 bridgehead atoms. The van der Waals surface area contributed by atoms with Crippen molar-refractivity contribution in [3.63, 3.8) is 0 Å². The highest BCUT2D eigenvalue weighted by molar-refractivity contribution is 6.01. The van der Waals surface area contributed by atoms with E-state index in [4.69, 9.17) is 10.9 Å². The fourth-order valence-corrected chi connectivity index (χ4v) is 2.12. The maximum absolute atomic E-state index is 11.7. The summed E-state index contributed by atoms with van der Waals surface area (Å²) in [5.74, 6) is -0.329. The molecule has 4 N–H and O–H groups in total. The molecule has 2 unspecified atom stereocenters. The van der Waals surface area contributed by atoms with Gasteiger partial charge in [0.15, 0.2) is 5.84 Å². The Balaban J connectivity index is 2.32. The van der Waals surface area contributed by atoms with Gasteiger partial charge in [-0.05, 0) is 39.7 Å². The average Bonchev–Trinajstić information content (AvgIpc) is 2.82. The molecule has 0 aromatic carbocycles. The highest BCUT2D eigenvalue weighted by atomic mass is 16.4. The van der Waals surface area contributed by atoms with Crippen LogP contribution >= 0.6 is 0 Å². The molecule has 1 aliphatic heterocycles. The Hall–Kier alpha value is -1.30. The first kappa shape index (κ1) is 14.8. The Bertz CT molecular complexity index is 317. The Morgan fingerprint density at radius 1 is 1.56 bits per heavy atom. The molecule has 1 heterocycles. The lowest BCUT2D eigenvalue weighted by Crippen LogP contribution is -2.40. The van der Waals surface area contributed by atoms with Gasteiger partial charge >= 0.3 is 0 Å². The summed E-state index contributed by atoms with van der Waals surface area (Å²) in [4.78, 5) is 14.1. The maximum atomic E-state index is 11.7. The summed E-state index contributed by atoms with van der Waals surface area (Å²) in [6.07, 6.45) is 1.11. The molecule has 1 rings (SSSR count). The monoisotopic (exact) mass is 256 g/mol. The Morgan fingerprint density at radius 2 is 2.22 bits per heavy atom. The summed E-state index contributed by atoms with van der Waals surface area (Å²) in [5, 5.41) is 14.2. The molecule has 0 aliphatic carbocycles. The van der Waals surface area contributed by atoms with Gasteiger partial charge in [-0.2, -0.15) is 0 Å². The predicted octanol–water partition coefficient (Wildman–Crippen LogP) is 0.215. The van der Waals surface area contributed by atoms with E-state index in [2.05, 4.69) is 29.2 Å². The molecule has 0 aromatic heterocycles. The fourth-order valence-electron chi connectivity index (χ4n) is 2.12. The first-order chi connectivity index (χ1) is 8.45. The molecular weight excluding hydrogens is 232 g/mol. The fraction of sp³-hybridized carbons (Fsp3) is 0.833. The van der Waals surface area contributed by atoms with E-state index in [-0.39, 0.29) is 11.7 Å². The van der Waals surface area contributed by atoms with Crippen molar-refractivity contribution in [1.29, 1.82) is 0 Å². The third kappa shape index (κ3) is 3.87. The van der Waals surface area contributed by atoms with Gasteiger partial charge < -0.3 is 21.2 Å². The number of carbonyl (C=O) groups excluding carboxylic acids is 1. The summed E-state index contributed by atoms with van der Waals surface area (Å²) in [7, 11) is 0. The van der Waals surface area contributed by atoms with Gasteiger partial charge in [-0.25, -0.2) is 0 Å². The number of oxime groups is 1. The second-order valence-electron chi connectivity index (χ2n) is 5.24. The lowest BCUT2D eigenvalue weighted by Gasteiger charge is -2.20. The second-order valence-corrected chi connectivity index (χ2v) is 5.24. The average molecular weight is 256 g/mol. The van der Waals surface area contributed by atoms with Gasteiger partial charge in [0.05, 0.1) is 5.92 Å². The zero-order valence-electron chi connectivity index (χ0n) is 11.4. The molecule has 6 nitrogen and oxygen atoms in total. The minimum atomic E-state index is -0.586. The van der Waals surface area contributed by atoms with Crippen LogP contribution in [-0.2, 0) is 4.79 Å². The van der Waals surface area contributed by atoms with Gasteiger partial charge in [-0.3, -0.25) is 4.79 Å². The number of carbonyl (C=O) groups is 1. The number of nitrogens with zero attached hydrogens (tertiary/aromatic N) is 2. The summed E-state index contributed by atoms with van der Waals surface area (Å²) in [6, 6.07) is 0.557. The SMILES string of the molecule is CC(C(=O)NCC1CCN(C(C)C)C1)C(N)=NO. The normalized spacial score (nSPS) is 23.3. The molecule has 0 aromatic rings. The minimum absolute atomic E-state index is 0.0530. The zero-order valence-corrected chi connectivity index (χ0v) is 11.4. The molecule has 1 amide bonds. The largest absolute Gasteiger partial charge is 0.409 e. The van der Waals surface area contributed by atoms with Crippen molar-refractivity contribution in [2.24, 2.45) is 22.7 Å². The molecule has 0 radical (unpaired) electrons. The molecule has 104 valence electrons. The van der Waals surface area contributed by atoms with Gasteiger partial charge in [0.1, 0.15) is 0 Å². The Morgan fingerprint density at radius 3 is 2.72 bits per heavy atom. The minimum Gasteiger partial charge on any atom is -0.409 e. The van der Waals surface area contributed by atoms with Gasteiger partial charge in [0, 0.05) is 19.1 Å². The topological polar surface area (TPSA) is 91.0 Å². The molecule has 1 saturated heterocycles. The molecule has 6 heteroatoms. The number of amidine groups is 1. The van der Waals surface area contributed by atoms with Crippen molar-refractivity contribution < 1.29 is 10.0 Å². The Labute approximate surface area is 108 Å². The number of amides is 1. The van der Waals surface area contributed by atoms with Crippen LogP contribution in [0, 0.1) is 11.8 Å². The van der Waals surface area contributed by atoms with Crippen molar-refractivity contribution in [3.05, 3.63) is 0 Å². The van der Waals surface area contributed by atoms with Gasteiger partial charge in [-0.15, -0.1) is 0 Å². The number of likely N-dealkylation sites (tertiary alicyclic amines) is 1. The number of hydrogen-bond acceptors (Lipinski definition) is 4. The van der Waals surface area contributed by atoms with E-state index in [9.17, 15) is 4.79 Å². The first-order valence-corrected chi connectivity index (χ1v) is 6.44. The standard InChI is InChI=1S/C12H24N4O2/c1-8(2)16-5-4-10(7-16)6-14-12(17)9(3)11(13)15-18/h8-10,18H,4-7H2,1-3H3,(H2,13,15)(H,14,17). The first-order valence-electron chi connectivity index (χ1n) is 6.44. The van der Waals surface area contributed by atoms with Crippen LogP contribution in [0.1, 0.15) is 27.2 Å². The van der Waals surface area contributed by atoms with Gasteiger partial charge in [-0.1, -0.05) is 5.16 Å². The van der Waals surface area contributed by atoms with Crippen LogP contribution in [-0.4, -0.2) is 47.5 Å². The highest BCUT2D eigenvalue weighted by Gasteiger charge is 2.25. The van der Waals surface area contributed by atoms with Crippen LogP contribution < -0.4 is 11.1 Å². The zero-order chi connectivity index (χ0) is 13.7. The van der Waals surface area contributed by atoms with Crippen molar-refractivity contribution in [2.75, 3.05) is 19.6 Å². The van der Waals surface area contributed by atoms with E-state index < -0.39 is 5.92 Å². The maximum Gasteiger partial charge on any atom is 0.230 e. The molecule has 1 aliphatic rings. The number of rotatable bonds is 5. The van der Waals surface area contributed by atoms with Crippen LogP contribution in [0.2, 0.25) is 0 Å². The number of nitrogens with one attached hydrogen (secondary N) is 1. The van der Waals surface area contributed by atoms with E-state index in [0.717, 1.165) is 19.5 Å². The predicted molar refractivity (Wildman–Crippen MR) is 70.4 cm³/mol.